The largest absolute Gasteiger partial charge is 0.465 e. The molecular formula is C28H21ClN2O4S. The van der Waals surface area contributed by atoms with Crippen LogP contribution in [0.5, 0.6) is 0 Å². The summed E-state index contributed by atoms with van der Waals surface area (Å²) in [5.41, 5.74) is 1.54. The molecule has 6 nitrogen and oxygen atoms in total. The van der Waals surface area contributed by atoms with Gasteiger partial charge in [-0.15, -0.1) is 11.8 Å². The summed E-state index contributed by atoms with van der Waals surface area (Å²) in [6.07, 6.45) is 2.94. The average molecular weight is 517 g/mol. The van der Waals surface area contributed by atoms with E-state index in [0.29, 0.717) is 27.6 Å². The molecular weight excluding hydrogens is 496 g/mol. The topological polar surface area (TPSA) is 88.4 Å². The number of hydrogen-bond acceptors (Lipinski definition) is 5. The van der Waals surface area contributed by atoms with Gasteiger partial charge < -0.3 is 15.1 Å². The summed E-state index contributed by atoms with van der Waals surface area (Å²) in [5, 5.41) is 6.03. The molecule has 2 amide bonds. The molecule has 0 fully saturated rings. The number of amides is 2. The SMILES string of the molecule is O=C(Nc1cccc(SCC(=O)c2ccc(Cl)cc2)c1)/C(=C/c1ccco1)NC(=O)c1ccccc1. The lowest BCUT2D eigenvalue weighted by atomic mass is 10.1. The predicted octanol–water partition coefficient (Wildman–Crippen LogP) is 6.32. The minimum absolute atomic E-state index is 0.0229. The highest BCUT2D eigenvalue weighted by Crippen LogP contribution is 2.23. The van der Waals surface area contributed by atoms with Gasteiger partial charge in [0.05, 0.1) is 12.0 Å². The Morgan fingerprint density at radius 2 is 1.64 bits per heavy atom. The van der Waals surface area contributed by atoms with Gasteiger partial charge in [0.15, 0.2) is 5.78 Å². The van der Waals surface area contributed by atoms with Crippen LogP contribution < -0.4 is 10.6 Å². The zero-order chi connectivity index (χ0) is 25.3. The molecule has 0 atom stereocenters. The van der Waals surface area contributed by atoms with Gasteiger partial charge in [-0.25, -0.2) is 0 Å². The smallest absolute Gasteiger partial charge is 0.272 e. The highest BCUT2D eigenvalue weighted by molar-refractivity contribution is 8.00. The van der Waals surface area contributed by atoms with Gasteiger partial charge in [0.2, 0.25) is 0 Å². The molecule has 8 heteroatoms. The van der Waals surface area contributed by atoms with Crippen molar-refractivity contribution in [3.8, 4) is 0 Å². The summed E-state index contributed by atoms with van der Waals surface area (Å²) in [6, 6.07) is 25.8. The summed E-state index contributed by atoms with van der Waals surface area (Å²) in [4.78, 5) is 39.0. The minimum atomic E-state index is -0.518. The molecule has 0 saturated carbocycles. The lowest BCUT2D eigenvalue weighted by Crippen LogP contribution is -2.30. The number of benzene rings is 3. The maximum Gasteiger partial charge on any atom is 0.272 e. The molecule has 4 aromatic rings. The minimum Gasteiger partial charge on any atom is -0.465 e. The predicted molar refractivity (Wildman–Crippen MR) is 142 cm³/mol. The Labute approximate surface area is 217 Å². The second kappa shape index (κ2) is 12.1. The quantitative estimate of drug-likeness (QED) is 0.154. The number of hydrogen-bond donors (Lipinski definition) is 2. The molecule has 2 N–H and O–H groups in total. The zero-order valence-corrected chi connectivity index (χ0v) is 20.5. The van der Waals surface area contributed by atoms with Crippen LogP contribution in [0.4, 0.5) is 5.69 Å². The van der Waals surface area contributed by atoms with Crippen LogP contribution >= 0.6 is 23.4 Å². The molecule has 180 valence electrons. The first-order valence-electron chi connectivity index (χ1n) is 10.9. The summed E-state index contributed by atoms with van der Waals surface area (Å²) in [7, 11) is 0. The normalized spacial score (nSPS) is 11.1. The van der Waals surface area contributed by atoms with Crippen LogP contribution in [0.3, 0.4) is 0 Å². The van der Waals surface area contributed by atoms with E-state index in [0.717, 1.165) is 4.90 Å². The molecule has 0 aliphatic rings. The lowest BCUT2D eigenvalue weighted by molar-refractivity contribution is -0.113. The van der Waals surface area contributed by atoms with Crippen LogP contribution in [0.1, 0.15) is 26.5 Å². The Bertz CT molecular complexity index is 1380. The van der Waals surface area contributed by atoms with Crippen molar-refractivity contribution in [1.82, 2.24) is 5.32 Å². The molecule has 36 heavy (non-hydrogen) atoms. The monoisotopic (exact) mass is 516 g/mol. The summed E-state index contributed by atoms with van der Waals surface area (Å²) >= 11 is 7.24. The number of anilines is 1. The van der Waals surface area contributed by atoms with Gasteiger partial charge in [-0.3, -0.25) is 14.4 Å². The van der Waals surface area contributed by atoms with E-state index in [9.17, 15) is 14.4 Å². The zero-order valence-electron chi connectivity index (χ0n) is 18.9. The number of halogens is 1. The van der Waals surface area contributed by atoms with E-state index in [1.807, 2.05) is 6.07 Å². The van der Waals surface area contributed by atoms with Crippen molar-refractivity contribution < 1.29 is 18.8 Å². The van der Waals surface area contributed by atoms with Crippen molar-refractivity contribution in [3.63, 3.8) is 0 Å². The van der Waals surface area contributed by atoms with Gasteiger partial charge in [-0.05, 0) is 66.7 Å². The van der Waals surface area contributed by atoms with Crippen LogP contribution in [-0.2, 0) is 4.79 Å². The second-order valence-electron chi connectivity index (χ2n) is 7.59. The first-order valence-corrected chi connectivity index (χ1v) is 12.3. The van der Waals surface area contributed by atoms with Crippen molar-refractivity contribution in [2.75, 3.05) is 11.1 Å². The molecule has 0 aliphatic heterocycles. The first-order chi connectivity index (χ1) is 17.5. The molecule has 0 spiro atoms. The van der Waals surface area contributed by atoms with Crippen LogP contribution in [0, 0.1) is 0 Å². The highest BCUT2D eigenvalue weighted by atomic mass is 35.5. The van der Waals surface area contributed by atoms with E-state index >= 15 is 0 Å². The van der Waals surface area contributed by atoms with E-state index in [2.05, 4.69) is 10.6 Å². The summed E-state index contributed by atoms with van der Waals surface area (Å²) < 4.78 is 5.32. The fraction of sp³-hybridized carbons (Fsp3) is 0.0357. The van der Waals surface area contributed by atoms with Crippen molar-refractivity contribution >= 4 is 52.7 Å². The fourth-order valence-electron chi connectivity index (χ4n) is 3.19. The number of Topliss-reactive ketones (excluding diaryl/α,β-unsaturated/α-hetero) is 1. The standard InChI is InChI=1S/C28H21ClN2O4S/c29-21-13-11-19(12-14-21)26(32)18-36-24-10-4-8-22(16-24)30-28(34)25(17-23-9-5-15-35-23)31-27(33)20-6-2-1-3-7-20/h1-17H,18H2,(H,30,34)(H,31,33)/b25-17-. The number of ketones is 1. The maximum atomic E-state index is 13.1. The van der Waals surface area contributed by atoms with E-state index < -0.39 is 11.8 Å². The molecule has 0 saturated heterocycles. The van der Waals surface area contributed by atoms with E-state index in [-0.39, 0.29) is 17.2 Å². The molecule has 0 unspecified atom stereocenters. The summed E-state index contributed by atoms with van der Waals surface area (Å²) in [5.74, 6) is -0.323. The van der Waals surface area contributed by atoms with Gasteiger partial charge >= 0.3 is 0 Å². The molecule has 1 aromatic heterocycles. The Morgan fingerprint density at radius 1 is 0.861 bits per heavy atom. The molecule has 1 heterocycles. The molecule has 0 aliphatic carbocycles. The molecule has 0 bridgehead atoms. The maximum absolute atomic E-state index is 13.1. The van der Waals surface area contributed by atoms with E-state index in [1.165, 1.54) is 24.1 Å². The van der Waals surface area contributed by atoms with Crippen LogP contribution in [0.2, 0.25) is 5.02 Å². The van der Waals surface area contributed by atoms with Crippen LogP contribution in [0.15, 0.2) is 112 Å². The second-order valence-corrected chi connectivity index (χ2v) is 9.08. The molecule has 0 radical (unpaired) electrons. The van der Waals surface area contributed by atoms with Crippen molar-refractivity contribution in [2.45, 2.75) is 4.90 Å². The van der Waals surface area contributed by atoms with Crippen LogP contribution in [-0.4, -0.2) is 23.4 Å². The average Bonchev–Trinajstić information content (AvgIpc) is 3.41. The van der Waals surface area contributed by atoms with Gasteiger partial charge in [0, 0.05) is 32.8 Å². The third kappa shape index (κ3) is 6.97. The first kappa shape index (κ1) is 25.0. The van der Waals surface area contributed by atoms with Gasteiger partial charge in [-0.1, -0.05) is 35.9 Å². The van der Waals surface area contributed by atoms with Crippen molar-refractivity contribution in [1.29, 1.82) is 0 Å². The van der Waals surface area contributed by atoms with E-state index in [4.69, 9.17) is 16.0 Å². The Hall–Kier alpha value is -4.07. The Kier molecular flexibility index (Phi) is 8.39. The third-order valence-corrected chi connectivity index (χ3v) is 6.23. The van der Waals surface area contributed by atoms with Crippen molar-refractivity contribution in [3.05, 3.63) is 125 Å². The van der Waals surface area contributed by atoms with E-state index in [1.54, 1.807) is 84.9 Å². The number of furan rings is 1. The number of carbonyl (C=O) groups is 3. The van der Waals surface area contributed by atoms with Crippen LogP contribution in [0.25, 0.3) is 6.08 Å². The molecule has 4 rings (SSSR count). The van der Waals surface area contributed by atoms with Gasteiger partial charge in [0.25, 0.3) is 11.8 Å². The van der Waals surface area contributed by atoms with Gasteiger partial charge in [-0.2, -0.15) is 0 Å². The number of rotatable bonds is 9. The summed E-state index contributed by atoms with van der Waals surface area (Å²) in [6.45, 7) is 0. The number of nitrogens with one attached hydrogen (secondary N) is 2. The van der Waals surface area contributed by atoms with Gasteiger partial charge in [0.1, 0.15) is 11.5 Å². The van der Waals surface area contributed by atoms with Crippen molar-refractivity contribution in [2.24, 2.45) is 0 Å². The number of thioether (sulfide) groups is 1. The highest BCUT2D eigenvalue weighted by Gasteiger charge is 2.16. The third-order valence-electron chi connectivity index (χ3n) is 4.99. The lowest BCUT2D eigenvalue weighted by Gasteiger charge is -2.12. The Morgan fingerprint density at radius 3 is 2.36 bits per heavy atom. The number of carbonyl (C=O) groups excluding carboxylic acids is 3. The fourth-order valence-corrected chi connectivity index (χ4v) is 4.16. The molecule has 3 aromatic carbocycles. The Balaban J connectivity index is 1.44.